The van der Waals surface area contributed by atoms with Crippen molar-refractivity contribution in [2.24, 2.45) is 0 Å². The molecule has 0 aliphatic carbocycles. The highest BCUT2D eigenvalue weighted by Gasteiger charge is 2.41. The van der Waals surface area contributed by atoms with Crippen molar-refractivity contribution in [2.75, 3.05) is 6.54 Å². The molecule has 0 radical (unpaired) electrons. The quantitative estimate of drug-likeness (QED) is 0.877. The number of benzene rings is 1. The van der Waals surface area contributed by atoms with Crippen LogP contribution in [0.4, 0.5) is 4.79 Å². The number of aromatic hydroxyl groups is 1. The maximum Gasteiger partial charge on any atom is 0.411 e. The van der Waals surface area contributed by atoms with Gasteiger partial charge in [-0.1, -0.05) is 12.1 Å². The van der Waals surface area contributed by atoms with E-state index in [1.54, 1.807) is 45.0 Å². The zero-order chi connectivity index (χ0) is 16.5. The number of carbonyl (C=O) groups is 2. The van der Waals surface area contributed by atoms with Crippen molar-refractivity contribution >= 4 is 12.1 Å². The van der Waals surface area contributed by atoms with Gasteiger partial charge in [0, 0.05) is 12.5 Å². The Balaban J connectivity index is 2.17. The predicted molar refractivity (Wildman–Crippen MR) is 79.8 cm³/mol. The maximum absolute atomic E-state index is 12.2. The van der Waals surface area contributed by atoms with E-state index in [0.717, 1.165) is 5.56 Å². The molecule has 1 aromatic carbocycles. The van der Waals surface area contributed by atoms with E-state index in [9.17, 15) is 19.8 Å². The standard InChI is InChI=1S/C16H21NO5/c1-16(2,3)22-15(21)17-9-11(8-13(17)14(19)20)10-4-6-12(18)7-5-10/h4-7,11,13,18H,8-9H2,1-3H3,(H,19,20)/t11-,13+/m1/s1. The van der Waals surface area contributed by atoms with Crippen LogP contribution in [0.2, 0.25) is 0 Å². The summed E-state index contributed by atoms with van der Waals surface area (Å²) >= 11 is 0. The number of rotatable bonds is 2. The molecule has 0 saturated carbocycles. The van der Waals surface area contributed by atoms with Crippen molar-refractivity contribution in [3.63, 3.8) is 0 Å². The summed E-state index contributed by atoms with van der Waals surface area (Å²) in [5.74, 6) is -0.970. The Labute approximate surface area is 129 Å². The zero-order valence-electron chi connectivity index (χ0n) is 12.9. The number of aliphatic carboxylic acids is 1. The number of amides is 1. The van der Waals surface area contributed by atoms with Crippen molar-refractivity contribution in [2.45, 2.75) is 44.8 Å². The molecule has 1 aromatic rings. The summed E-state index contributed by atoms with van der Waals surface area (Å²) < 4.78 is 5.29. The van der Waals surface area contributed by atoms with Crippen LogP contribution in [-0.2, 0) is 9.53 Å². The molecular weight excluding hydrogens is 286 g/mol. The average molecular weight is 307 g/mol. The van der Waals surface area contributed by atoms with Gasteiger partial charge in [0.1, 0.15) is 17.4 Å². The number of hydrogen-bond acceptors (Lipinski definition) is 4. The number of phenols is 1. The third-order valence-electron chi connectivity index (χ3n) is 3.58. The molecule has 0 unspecified atom stereocenters. The molecule has 1 saturated heterocycles. The first-order chi connectivity index (χ1) is 10.2. The molecule has 2 rings (SSSR count). The molecule has 0 aromatic heterocycles. The van der Waals surface area contributed by atoms with Gasteiger partial charge in [-0.3, -0.25) is 4.90 Å². The predicted octanol–water partition coefficient (Wildman–Crippen LogP) is 2.57. The molecule has 1 amide bonds. The summed E-state index contributed by atoms with van der Waals surface area (Å²) in [6.45, 7) is 5.52. The second-order valence-corrected chi connectivity index (χ2v) is 6.51. The van der Waals surface area contributed by atoms with Crippen molar-refractivity contribution in [3.8, 4) is 5.75 Å². The molecule has 120 valence electrons. The molecule has 1 aliphatic rings. The maximum atomic E-state index is 12.2. The Morgan fingerprint density at radius 3 is 2.32 bits per heavy atom. The fraction of sp³-hybridized carbons (Fsp3) is 0.500. The van der Waals surface area contributed by atoms with E-state index in [1.807, 2.05) is 0 Å². The molecule has 1 fully saturated rings. The molecule has 6 nitrogen and oxygen atoms in total. The third kappa shape index (κ3) is 3.69. The Hall–Kier alpha value is -2.24. The highest BCUT2D eigenvalue weighted by molar-refractivity contribution is 5.81. The van der Waals surface area contributed by atoms with Gasteiger partial charge in [-0.15, -0.1) is 0 Å². The van der Waals surface area contributed by atoms with Crippen LogP contribution in [0.1, 0.15) is 38.7 Å². The lowest BCUT2D eigenvalue weighted by Gasteiger charge is -2.26. The van der Waals surface area contributed by atoms with Gasteiger partial charge < -0.3 is 14.9 Å². The van der Waals surface area contributed by atoms with E-state index < -0.39 is 23.7 Å². The van der Waals surface area contributed by atoms with Gasteiger partial charge in [-0.05, 0) is 44.9 Å². The van der Waals surface area contributed by atoms with Gasteiger partial charge in [0.2, 0.25) is 0 Å². The second kappa shape index (κ2) is 5.87. The van der Waals surface area contributed by atoms with Gasteiger partial charge >= 0.3 is 12.1 Å². The lowest BCUT2D eigenvalue weighted by molar-refractivity contribution is -0.142. The number of likely N-dealkylation sites (tertiary alicyclic amines) is 1. The van der Waals surface area contributed by atoms with E-state index in [-0.39, 0.29) is 18.2 Å². The van der Waals surface area contributed by atoms with E-state index >= 15 is 0 Å². The first-order valence-corrected chi connectivity index (χ1v) is 7.19. The van der Waals surface area contributed by atoms with Crippen molar-refractivity contribution in [1.82, 2.24) is 4.90 Å². The van der Waals surface area contributed by atoms with Crippen molar-refractivity contribution in [1.29, 1.82) is 0 Å². The van der Waals surface area contributed by atoms with Gasteiger partial charge in [-0.2, -0.15) is 0 Å². The Bertz CT molecular complexity index is 561. The highest BCUT2D eigenvalue weighted by atomic mass is 16.6. The van der Waals surface area contributed by atoms with E-state index in [4.69, 9.17) is 4.74 Å². The molecule has 0 bridgehead atoms. The normalized spacial score (nSPS) is 21.7. The van der Waals surface area contributed by atoms with Crippen LogP contribution in [0, 0.1) is 0 Å². The van der Waals surface area contributed by atoms with Crippen LogP contribution < -0.4 is 0 Å². The monoisotopic (exact) mass is 307 g/mol. The number of nitrogens with zero attached hydrogens (tertiary/aromatic N) is 1. The summed E-state index contributed by atoms with van der Waals surface area (Å²) in [5, 5.41) is 18.7. The lowest BCUT2D eigenvalue weighted by Crippen LogP contribution is -2.43. The SMILES string of the molecule is CC(C)(C)OC(=O)N1C[C@H](c2ccc(O)cc2)C[C@H]1C(=O)O. The molecule has 22 heavy (non-hydrogen) atoms. The fourth-order valence-electron chi connectivity index (χ4n) is 2.58. The minimum absolute atomic E-state index is 0.0887. The molecule has 6 heteroatoms. The first kappa shape index (κ1) is 16.1. The minimum Gasteiger partial charge on any atom is -0.508 e. The molecule has 2 atom stereocenters. The lowest BCUT2D eigenvalue weighted by atomic mass is 9.96. The zero-order valence-corrected chi connectivity index (χ0v) is 12.9. The van der Waals surface area contributed by atoms with Gasteiger partial charge in [0.15, 0.2) is 0 Å². The molecule has 1 aliphatic heterocycles. The van der Waals surface area contributed by atoms with E-state index in [1.165, 1.54) is 4.90 Å². The van der Waals surface area contributed by atoms with Gasteiger partial charge in [0.05, 0.1) is 0 Å². The fourth-order valence-corrected chi connectivity index (χ4v) is 2.58. The van der Waals surface area contributed by atoms with Crippen LogP contribution in [0.5, 0.6) is 5.75 Å². The molecule has 0 spiro atoms. The van der Waals surface area contributed by atoms with Crippen molar-refractivity contribution in [3.05, 3.63) is 29.8 Å². The summed E-state index contributed by atoms with van der Waals surface area (Å²) in [6.07, 6.45) is -0.277. The Morgan fingerprint density at radius 1 is 1.23 bits per heavy atom. The summed E-state index contributed by atoms with van der Waals surface area (Å²) in [5.41, 5.74) is 0.228. The Morgan fingerprint density at radius 2 is 1.82 bits per heavy atom. The number of hydrogen-bond donors (Lipinski definition) is 2. The highest BCUT2D eigenvalue weighted by Crippen LogP contribution is 2.33. The van der Waals surface area contributed by atoms with Gasteiger partial charge in [0.25, 0.3) is 0 Å². The number of carbonyl (C=O) groups excluding carboxylic acids is 1. The van der Waals surface area contributed by atoms with Crippen LogP contribution in [0.25, 0.3) is 0 Å². The minimum atomic E-state index is -1.04. The summed E-state index contributed by atoms with van der Waals surface area (Å²) in [7, 11) is 0. The summed E-state index contributed by atoms with van der Waals surface area (Å²) in [4.78, 5) is 24.9. The van der Waals surface area contributed by atoms with Crippen LogP contribution in [0.3, 0.4) is 0 Å². The van der Waals surface area contributed by atoms with Crippen LogP contribution in [-0.4, -0.2) is 45.4 Å². The number of phenolic OH excluding ortho intramolecular Hbond substituents is 1. The third-order valence-corrected chi connectivity index (χ3v) is 3.58. The van der Waals surface area contributed by atoms with E-state index in [0.29, 0.717) is 6.42 Å². The largest absolute Gasteiger partial charge is 0.508 e. The average Bonchev–Trinajstić information content (AvgIpc) is 2.83. The van der Waals surface area contributed by atoms with Gasteiger partial charge in [-0.25, -0.2) is 9.59 Å². The van der Waals surface area contributed by atoms with E-state index in [2.05, 4.69) is 0 Å². The van der Waals surface area contributed by atoms with Crippen LogP contribution in [0.15, 0.2) is 24.3 Å². The Kier molecular flexibility index (Phi) is 4.30. The molecular formula is C16H21NO5. The smallest absolute Gasteiger partial charge is 0.411 e. The number of ether oxygens (including phenoxy) is 1. The van der Waals surface area contributed by atoms with Crippen molar-refractivity contribution < 1.29 is 24.5 Å². The number of carboxylic acids is 1. The number of carboxylic acid groups (broad SMARTS) is 1. The second-order valence-electron chi connectivity index (χ2n) is 6.51. The molecule has 2 N–H and O–H groups in total. The topological polar surface area (TPSA) is 87.1 Å². The first-order valence-electron chi connectivity index (χ1n) is 7.19. The summed E-state index contributed by atoms with van der Waals surface area (Å²) in [6, 6.07) is 5.71. The van der Waals surface area contributed by atoms with Crippen LogP contribution >= 0.6 is 0 Å². The molecule has 1 heterocycles.